The van der Waals surface area contributed by atoms with Crippen LogP contribution in [-0.4, -0.2) is 27.9 Å². The highest BCUT2D eigenvalue weighted by Gasteiger charge is 2.24. The van der Waals surface area contributed by atoms with Crippen molar-refractivity contribution in [2.75, 3.05) is 13.1 Å². The zero-order valence-corrected chi connectivity index (χ0v) is 16.5. The Kier molecular flexibility index (Phi) is 5.07. The van der Waals surface area contributed by atoms with E-state index in [0.29, 0.717) is 28.0 Å². The molecule has 1 saturated heterocycles. The van der Waals surface area contributed by atoms with Gasteiger partial charge in [-0.25, -0.2) is 13.5 Å². The van der Waals surface area contributed by atoms with Gasteiger partial charge in [0.05, 0.1) is 34.7 Å². The molecule has 5 nitrogen and oxygen atoms in total. The molecule has 0 bridgehead atoms. The second-order valence-corrected chi connectivity index (χ2v) is 7.50. The largest absolute Gasteiger partial charge is 0.454 e. The summed E-state index contributed by atoms with van der Waals surface area (Å²) < 4.78 is 49.1. The number of hydrogen-bond donors (Lipinski definition) is 1. The molecule has 1 N–H and O–H groups in total. The third kappa shape index (κ3) is 3.63. The lowest BCUT2D eigenvalue weighted by Gasteiger charge is -2.21. The van der Waals surface area contributed by atoms with E-state index in [1.807, 2.05) is 0 Å². The predicted molar refractivity (Wildman–Crippen MR) is 110 cm³/mol. The predicted octanol–water partition coefficient (Wildman–Crippen LogP) is 5.10. The summed E-state index contributed by atoms with van der Waals surface area (Å²) in [7, 11) is 0. The highest BCUT2D eigenvalue weighted by molar-refractivity contribution is 5.83. The van der Waals surface area contributed by atoms with Crippen molar-refractivity contribution < 1.29 is 17.9 Å². The zero-order valence-electron chi connectivity index (χ0n) is 16.5. The summed E-state index contributed by atoms with van der Waals surface area (Å²) in [5.74, 6) is -2.16. The second kappa shape index (κ2) is 8.03. The lowest BCUT2D eigenvalue weighted by Crippen LogP contribution is -2.28. The van der Waals surface area contributed by atoms with Gasteiger partial charge < -0.3 is 10.1 Å². The van der Waals surface area contributed by atoms with Gasteiger partial charge in [0.2, 0.25) is 5.82 Å². The first-order valence-corrected chi connectivity index (χ1v) is 10.1. The van der Waals surface area contributed by atoms with Crippen molar-refractivity contribution in [2.24, 2.45) is 0 Å². The summed E-state index contributed by atoms with van der Waals surface area (Å²) >= 11 is 0. The fraction of sp³-hybridized carbons (Fsp3) is 0.217. The monoisotopic (exact) mass is 424 g/mol. The first-order valence-electron chi connectivity index (χ1n) is 10.1. The van der Waals surface area contributed by atoms with Crippen molar-refractivity contribution in [3.8, 4) is 17.2 Å². The number of hydrogen-bond acceptors (Lipinski definition) is 4. The molecular formula is C23H19F3N4O. The first-order chi connectivity index (χ1) is 15.1. The van der Waals surface area contributed by atoms with Crippen LogP contribution < -0.4 is 10.1 Å². The Morgan fingerprint density at radius 3 is 2.61 bits per heavy atom. The van der Waals surface area contributed by atoms with Crippen molar-refractivity contribution in [1.82, 2.24) is 20.1 Å². The Bertz CT molecular complexity index is 1230. The molecule has 1 fully saturated rings. The van der Waals surface area contributed by atoms with E-state index in [-0.39, 0.29) is 11.7 Å². The molecule has 0 aliphatic carbocycles. The summed E-state index contributed by atoms with van der Waals surface area (Å²) in [6.45, 7) is 1.70. The van der Waals surface area contributed by atoms with Crippen LogP contribution in [-0.2, 0) is 0 Å². The van der Waals surface area contributed by atoms with Gasteiger partial charge in [-0.15, -0.1) is 0 Å². The highest BCUT2D eigenvalue weighted by atomic mass is 19.2. The molecule has 0 amide bonds. The first kappa shape index (κ1) is 19.6. The Labute approximate surface area is 176 Å². The summed E-state index contributed by atoms with van der Waals surface area (Å²) in [5, 5.41) is 8.55. The van der Waals surface area contributed by atoms with Gasteiger partial charge in [0.25, 0.3) is 0 Å². The van der Waals surface area contributed by atoms with Gasteiger partial charge in [-0.1, -0.05) is 6.07 Å². The van der Waals surface area contributed by atoms with Gasteiger partial charge in [0, 0.05) is 12.5 Å². The maximum absolute atomic E-state index is 14.7. The van der Waals surface area contributed by atoms with Gasteiger partial charge in [0.15, 0.2) is 17.4 Å². The molecule has 1 aliphatic heterocycles. The molecule has 1 atom stereocenters. The lowest BCUT2D eigenvalue weighted by molar-refractivity contribution is 0.416. The summed E-state index contributed by atoms with van der Waals surface area (Å²) in [5.41, 5.74) is 1.97. The average Bonchev–Trinajstić information content (AvgIpc) is 3.19. The standard InChI is InChI=1S/C23H19F3N4O/c24-17-4-1-5-20(22(17)26)31-16-8-6-15(7-9-16)30-19-13-28-12-18(25)21(19)23(29-30)14-3-2-10-27-11-14/h1,4-9,12-14,27H,2-3,10-11H2/t14-/m1/s1. The molecule has 0 radical (unpaired) electrons. The molecule has 5 rings (SSSR count). The van der Waals surface area contributed by atoms with Crippen LogP contribution >= 0.6 is 0 Å². The summed E-state index contributed by atoms with van der Waals surface area (Å²) in [4.78, 5) is 4.00. The van der Waals surface area contributed by atoms with Crippen LogP contribution in [0.2, 0.25) is 0 Å². The van der Waals surface area contributed by atoms with Crippen molar-refractivity contribution in [1.29, 1.82) is 0 Å². The maximum Gasteiger partial charge on any atom is 0.201 e. The van der Waals surface area contributed by atoms with E-state index < -0.39 is 17.5 Å². The molecule has 0 unspecified atom stereocenters. The van der Waals surface area contributed by atoms with E-state index in [4.69, 9.17) is 9.84 Å². The van der Waals surface area contributed by atoms with Crippen LogP contribution in [0, 0.1) is 17.5 Å². The molecule has 2 aromatic carbocycles. The topological polar surface area (TPSA) is 52.0 Å². The van der Waals surface area contributed by atoms with E-state index in [1.54, 1.807) is 35.1 Å². The van der Waals surface area contributed by atoms with Crippen LogP contribution in [0.25, 0.3) is 16.6 Å². The number of halogens is 3. The number of aromatic nitrogens is 3. The molecule has 0 saturated carbocycles. The molecular weight excluding hydrogens is 405 g/mol. The SMILES string of the molecule is Fc1cccc(Oc2ccc(-n3nc([C@@H]4CCCNC4)c4c(F)cncc43)cc2)c1F. The number of piperidine rings is 1. The minimum Gasteiger partial charge on any atom is -0.454 e. The number of fused-ring (bicyclic) bond motifs is 1. The van der Waals surface area contributed by atoms with Gasteiger partial charge in [-0.2, -0.15) is 9.49 Å². The number of nitrogens with zero attached hydrogens (tertiary/aromatic N) is 3. The molecule has 8 heteroatoms. The van der Waals surface area contributed by atoms with Crippen LogP contribution in [0.3, 0.4) is 0 Å². The minimum absolute atomic E-state index is 0.118. The third-order valence-electron chi connectivity index (χ3n) is 5.48. The summed E-state index contributed by atoms with van der Waals surface area (Å²) in [6.07, 6.45) is 4.75. The number of pyridine rings is 1. The van der Waals surface area contributed by atoms with E-state index in [1.165, 1.54) is 18.3 Å². The Balaban J connectivity index is 1.51. The molecule has 31 heavy (non-hydrogen) atoms. The number of nitrogens with one attached hydrogen (secondary N) is 1. The van der Waals surface area contributed by atoms with Crippen molar-refractivity contribution in [3.05, 3.63) is 78.0 Å². The molecule has 4 aromatic rings. The molecule has 158 valence electrons. The van der Waals surface area contributed by atoms with Crippen molar-refractivity contribution >= 4 is 10.9 Å². The molecule has 3 heterocycles. The number of rotatable bonds is 4. The fourth-order valence-electron chi connectivity index (χ4n) is 3.96. The molecule has 0 spiro atoms. The lowest BCUT2D eigenvalue weighted by atomic mass is 9.94. The normalized spacial score (nSPS) is 16.5. The van der Waals surface area contributed by atoms with Gasteiger partial charge in [-0.3, -0.25) is 4.98 Å². The van der Waals surface area contributed by atoms with Crippen molar-refractivity contribution in [2.45, 2.75) is 18.8 Å². The Morgan fingerprint density at radius 2 is 1.84 bits per heavy atom. The van der Waals surface area contributed by atoms with Crippen LogP contribution in [0.5, 0.6) is 11.5 Å². The van der Waals surface area contributed by atoms with E-state index >= 15 is 0 Å². The van der Waals surface area contributed by atoms with E-state index in [9.17, 15) is 13.2 Å². The zero-order chi connectivity index (χ0) is 21.4. The van der Waals surface area contributed by atoms with Gasteiger partial charge in [0.1, 0.15) is 5.75 Å². The summed E-state index contributed by atoms with van der Waals surface area (Å²) in [6, 6.07) is 10.5. The quantitative estimate of drug-likeness (QED) is 0.495. The third-order valence-corrected chi connectivity index (χ3v) is 5.48. The van der Waals surface area contributed by atoms with Crippen LogP contribution in [0.4, 0.5) is 13.2 Å². The number of benzene rings is 2. The molecule has 2 aromatic heterocycles. The van der Waals surface area contributed by atoms with Crippen LogP contribution in [0.1, 0.15) is 24.5 Å². The number of ether oxygens (including phenoxy) is 1. The average molecular weight is 424 g/mol. The van der Waals surface area contributed by atoms with Gasteiger partial charge >= 0.3 is 0 Å². The Morgan fingerprint density at radius 1 is 1.00 bits per heavy atom. The van der Waals surface area contributed by atoms with Crippen molar-refractivity contribution in [3.63, 3.8) is 0 Å². The molecule has 1 aliphatic rings. The van der Waals surface area contributed by atoms with Gasteiger partial charge in [-0.05, 0) is 55.8 Å². The fourth-order valence-corrected chi connectivity index (χ4v) is 3.96. The maximum atomic E-state index is 14.7. The Hall–Kier alpha value is -3.39. The second-order valence-electron chi connectivity index (χ2n) is 7.50. The van der Waals surface area contributed by atoms with Crippen LogP contribution in [0.15, 0.2) is 54.9 Å². The highest BCUT2D eigenvalue weighted by Crippen LogP contribution is 2.33. The smallest absolute Gasteiger partial charge is 0.201 e. The van der Waals surface area contributed by atoms with E-state index in [0.717, 1.165) is 32.0 Å². The van der Waals surface area contributed by atoms with E-state index in [2.05, 4.69) is 10.3 Å². The minimum atomic E-state index is -1.04.